The molecule has 2 aromatic carbocycles. The first-order chi connectivity index (χ1) is 15.8. The van der Waals surface area contributed by atoms with E-state index in [1.54, 1.807) is 36.9 Å². The first-order valence-electron chi connectivity index (χ1n) is 10.3. The molecule has 9 heteroatoms. The molecule has 1 N–H and O–H groups in total. The van der Waals surface area contributed by atoms with E-state index >= 15 is 0 Å². The molecule has 0 fully saturated rings. The first kappa shape index (κ1) is 21.8. The number of benzene rings is 2. The van der Waals surface area contributed by atoms with E-state index in [0.29, 0.717) is 35.0 Å². The van der Waals surface area contributed by atoms with E-state index < -0.39 is 4.92 Å². The fraction of sp³-hybridized carbons (Fsp3) is 0.167. The summed E-state index contributed by atoms with van der Waals surface area (Å²) in [5.41, 5.74) is 4.62. The zero-order valence-corrected chi connectivity index (χ0v) is 18.4. The summed E-state index contributed by atoms with van der Waals surface area (Å²) in [6.45, 7) is 5.50. The lowest BCUT2D eigenvalue weighted by molar-refractivity contribution is -0.386. The second-order valence-electron chi connectivity index (χ2n) is 7.66. The summed E-state index contributed by atoms with van der Waals surface area (Å²) < 4.78 is 1.60. The second-order valence-corrected chi connectivity index (χ2v) is 7.66. The average molecular weight is 442 g/mol. The Morgan fingerprint density at radius 3 is 2.52 bits per heavy atom. The molecule has 9 nitrogen and oxygen atoms in total. The largest absolute Gasteiger partial charge is 0.322 e. The van der Waals surface area contributed by atoms with Crippen LogP contribution in [0.15, 0.2) is 60.8 Å². The van der Waals surface area contributed by atoms with Gasteiger partial charge in [-0.25, -0.2) is 9.97 Å². The Hall–Kier alpha value is -4.40. The Kier molecular flexibility index (Phi) is 5.95. The van der Waals surface area contributed by atoms with Gasteiger partial charge in [-0.3, -0.25) is 19.6 Å². The molecule has 0 saturated heterocycles. The molecule has 0 radical (unpaired) electrons. The maximum Gasteiger partial charge on any atom is 0.312 e. The van der Waals surface area contributed by atoms with Crippen LogP contribution in [0, 0.1) is 30.9 Å². The third-order valence-corrected chi connectivity index (χ3v) is 5.27. The van der Waals surface area contributed by atoms with Gasteiger partial charge in [-0.15, -0.1) is 0 Å². The molecule has 0 bridgehead atoms. The first-order valence-corrected chi connectivity index (χ1v) is 10.3. The summed E-state index contributed by atoms with van der Waals surface area (Å²) in [4.78, 5) is 32.0. The van der Waals surface area contributed by atoms with Crippen molar-refractivity contribution in [3.8, 4) is 11.3 Å². The number of aryl methyl sites for hydroxylation is 2. The van der Waals surface area contributed by atoms with Gasteiger partial charge in [0, 0.05) is 23.0 Å². The summed E-state index contributed by atoms with van der Waals surface area (Å²) in [5.74, 6) is 0.441. The van der Waals surface area contributed by atoms with Crippen LogP contribution in [-0.2, 0) is 6.54 Å². The van der Waals surface area contributed by atoms with Crippen molar-refractivity contribution in [2.75, 3.05) is 5.32 Å². The van der Waals surface area contributed by atoms with Crippen LogP contribution in [0.2, 0.25) is 0 Å². The molecule has 0 saturated carbocycles. The van der Waals surface area contributed by atoms with Gasteiger partial charge in [-0.2, -0.15) is 5.10 Å². The zero-order valence-electron chi connectivity index (χ0n) is 18.4. The van der Waals surface area contributed by atoms with Crippen LogP contribution in [0.25, 0.3) is 11.3 Å². The Morgan fingerprint density at radius 2 is 1.85 bits per heavy atom. The Morgan fingerprint density at radius 1 is 1.09 bits per heavy atom. The lowest BCUT2D eigenvalue weighted by atomic mass is 10.1. The molecule has 166 valence electrons. The summed E-state index contributed by atoms with van der Waals surface area (Å²) in [6.07, 6.45) is 1.70. The van der Waals surface area contributed by atoms with Crippen molar-refractivity contribution < 1.29 is 9.72 Å². The number of nitro groups is 1. The van der Waals surface area contributed by atoms with Crippen LogP contribution in [0.4, 0.5) is 11.4 Å². The smallest absolute Gasteiger partial charge is 0.312 e. The average Bonchev–Trinajstić information content (AvgIpc) is 3.07. The molecule has 0 aliphatic rings. The van der Waals surface area contributed by atoms with E-state index in [0.717, 1.165) is 16.8 Å². The predicted octanol–water partition coefficient (Wildman–Crippen LogP) is 4.47. The number of hydrogen-bond donors (Lipinski definition) is 1. The normalized spacial score (nSPS) is 10.8. The van der Waals surface area contributed by atoms with Crippen molar-refractivity contribution in [3.63, 3.8) is 0 Å². The lowest BCUT2D eigenvalue weighted by Gasteiger charge is -2.09. The van der Waals surface area contributed by atoms with Crippen LogP contribution < -0.4 is 5.32 Å². The number of carbonyl (C=O) groups is 1. The molecule has 4 rings (SSSR count). The Bertz CT molecular complexity index is 1340. The van der Waals surface area contributed by atoms with Crippen LogP contribution in [0.1, 0.15) is 33.1 Å². The minimum absolute atomic E-state index is 0.0327. The number of anilines is 1. The van der Waals surface area contributed by atoms with Crippen molar-refractivity contribution in [3.05, 3.63) is 99.2 Å². The topological polar surface area (TPSA) is 116 Å². The van der Waals surface area contributed by atoms with Crippen molar-refractivity contribution >= 4 is 17.3 Å². The molecule has 33 heavy (non-hydrogen) atoms. The molecule has 1 amide bonds. The van der Waals surface area contributed by atoms with Gasteiger partial charge in [-0.1, -0.05) is 24.3 Å². The van der Waals surface area contributed by atoms with Crippen LogP contribution in [0.5, 0.6) is 0 Å². The summed E-state index contributed by atoms with van der Waals surface area (Å²) >= 11 is 0. The molecule has 4 aromatic rings. The number of amides is 1. The van der Waals surface area contributed by atoms with Gasteiger partial charge in [-0.05, 0) is 56.7 Å². The van der Waals surface area contributed by atoms with Gasteiger partial charge in [0.15, 0.2) is 0 Å². The van der Waals surface area contributed by atoms with Gasteiger partial charge in [0.25, 0.3) is 5.91 Å². The van der Waals surface area contributed by atoms with Crippen LogP contribution in [0.3, 0.4) is 0 Å². The van der Waals surface area contributed by atoms with Crippen molar-refractivity contribution in [1.29, 1.82) is 0 Å². The van der Waals surface area contributed by atoms with E-state index in [2.05, 4.69) is 20.4 Å². The lowest BCUT2D eigenvalue weighted by Crippen LogP contribution is -2.12. The highest BCUT2D eigenvalue weighted by molar-refractivity contribution is 6.04. The van der Waals surface area contributed by atoms with Gasteiger partial charge >= 0.3 is 5.69 Å². The zero-order chi connectivity index (χ0) is 23.5. The number of rotatable bonds is 6. The maximum atomic E-state index is 12.7. The molecule has 0 aliphatic heterocycles. The Balaban J connectivity index is 1.47. The van der Waals surface area contributed by atoms with E-state index in [4.69, 9.17) is 0 Å². The molecule has 2 aromatic heterocycles. The molecular weight excluding hydrogens is 420 g/mol. The second kappa shape index (κ2) is 8.99. The molecule has 0 spiro atoms. The number of nitrogens with zero attached hydrogens (tertiary/aromatic N) is 5. The fourth-order valence-corrected chi connectivity index (χ4v) is 3.62. The number of hydrogen-bond acceptors (Lipinski definition) is 6. The van der Waals surface area contributed by atoms with Crippen molar-refractivity contribution in [1.82, 2.24) is 19.7 Å². The highest BCUT2D eigenvalue weighted by Gasteiger charge is 2.21. The minimum atomic E-state index is -0.414. The molecule has 0 atom stereocenters. The highest BCUT2D eigenvalue weighted by atomic mass is 16.6. The third-order valence-electron chi connectivity index (χ3n) is 5.27. The third kappa shape index (κ3) is 4.77. The Labute approximate surface area is 190 Å². The summed E-state index contributed by atoms with van der Waals surface area (Å²) in [6, 6.07) is 16.4. The number of nitrogens with one attached hydrogen (secondary N) is 1. The number of carbonyl (C=O) groups excluding carboxylic acids is 1. The summed E-state index contributed by atoms with van der Waals surface area (Å²) in [5, 5.41) is 18.4. The van der Waals surface area contributed by atoms with E-state index in [1.807, 2.05) is 49.4 Å². The predicted molar refractivity (Wildman–Crippen MR) is 124 cm³/mol. The van der Waals surface area contributed by atoms with E-state index in [1.165, 1.54) is 0 Å². The minimum Gasteiger partial charge on any atom is -0.322 e. The highest BCUT2D eigenvalue weighted by Crippen LogP contribution is 2.23. The van der Waals surface area contributed by atoms with Crippen LogP contribution >= 0.6 is 0 Å². The van der Waals surface area contributed by atoms with Crippen molar-refractivity contribution in [2.45, 2.75) is 27.3 Å². The van der Waals surface area contributed by atoms with Crippen molar-refractivity contribution in [2.24, 2.45) is 0 Å². The van der Waals surface area contributed by atoms with E-state index in [9.17, 15) is 14.9 Å². The summed E-state index contributed by atoms with van der Waals surface area (Å²) in [7, 11) is 0. The van der Waals surface area contributed by atoms with Gasteiger partial charge in [0.2, 0.25) is 0 Å². The van der Waals surface area contributed by atoms with Gasteiger partial charge in [0.1, 0.15) is 17.2 Å². The van der Waals surface area contributed by atoms with Crippen LogP contribution in [-0.4, -0.2) is 30.6 Å². The van der Waals surface area contributed by atoms with Gasteiger partial charge < -0.3 is 5.32 Å². The maximum absolute atomic E-state index is 12.7. The fourth-order valence-electron chi connectivity index (χ4n) is 3.62. The monoisotopic (exact) mass is 442 g/mol. The van der Waals surface area contributed by atoms with Gasteiger partial charge in [0.05, 0.1) is 17.2 Å². The quantitative estimate of drug-likeness (QED) is 0.348. The van der Waals surface area contributed by atoms with E-state index in [-0.39, 0.29) is 11.6 Å². The molecule has 0 unspecified atom stereocenters. The standard InChI is InChI=1S/C24H22N6O3/c1-15-23(30(32)33)16(2)29(28-15)14-18-7-9-19(10-8-18)24(31)27-21-6-4-5-20(13-21)22-11-12-25-17(3)26-22/h4-13H,14H2,1-3H3,(H,27,31). The molecular formula is C24H22N6O3. The molecule has 0 aliphatic carbocycles. The molecule has 2 heterocycles. The number of aromatic nitrogens is 4. The SMILES string of the molecule is Cc1nccc(-c2cccc(NC(=O)c3ccc(Cn4nc(C)c([N+](=O)[O-])c4C)cc3)c2)n1.